The van der Waals surface area contributed by atoms with E-state index in [1.807, 2.05) is 25.1 Å². The normalized spacial score (nSPS) is 15.1. The molecule has 1 aromatic carbocycles. The molecule has 0 radical (unpaired) electrons. The number of nitrogens with one attached hydrogen (secondary N) is 1. The van der Waals surface area contributed by atoms with Crippen LogP contribution in [0.5, 0.6) is 0 Å². The first kappa shape index (κ1) is 15.1. The highest BCUT2D eigenvalue weighted by molar-refractivity contribution is 6.34. The van der Waals surface area contributed by atoms with E-state index in [4.69, 9.17) is 20.9 Å². The van der Waals surface area contributed by atoms with Gasteiger partial charge in [-0.2, -0.15) is 4.98 Å². The zero-order chi connectivity index (χ0) is 15.4. The second-order valence-corrected chi connectivity index (χ2v) is 5.45. The Morgan fingerprint density at radius 2 is 2.14 bits per heavy atom. The highest BCUT2D eigenvalue weighted by Crippen LogP contribution is 2.34. The van der Waals surface area contributed by atoms with E-state index in [1.54, 1.807) is 0 Å². The van der Waals surface area contributed by atoms with Crippen LogP contribution in [0.3, 0.4) is 0 Å². The molecule has 2 aromatic rings. The van der Waals surface area contributed by atoms with Crippen LogP contribution in [0.1, 0.15) is 18.6 Å². The zero-order valence-electron chi connectivity index (χ0n) is 12.5. The summed E-state index contributed by atoms with van der Waals surface area (Å²) in [7, 11) is 0. The first-order valence-electron chi connectivity index (χ1n) is 7.44. The fraction of sp³-hybridized carbons (Fsp3) is 0.467. The van der Waals surface area contributed by atoms with Crippen LogP contribution in [0, 0.1) is 0 Å². The molecule has 0 saturated carbocycles. The fourth-order valence-corrected chi connectivity index (χ4v) is 2.74. The standard InChI is InChI=1S/C15H19ClN4O2/c1-2-13-18-14(22-19-13)10-17-12-5-3-4-11(16)15(12)20-6-8-21-9-7-20/h3-5,17H,2,6-10H2,1H3. The van der Waals surface area contributed by atoms with Crippen LogP contribution >= 0.6 is 11.6 Å². The van der Waals surface area contributed by atoms with Crippen molar-refractivity contribution in [3.05, 3.63) is 34.9 Å². The number of hydrogen-bond acceptors (Lipinski definition) is 6. The van der Waals surface area contributed by atoms with Gasteiger partial charge in [0.05, 0.1) is 36.2 Å². The molecule has 0 atom stereocenters. The predicted octanol–water partition coefficient (Wildman–Crippen LogP) is 2.73. The van der Waals surface area contributed by atoms with Crippen LogP contribution in [0.2, 0.25) is 5.02 Å². The fourth-order valence-electron chi connectivity index (χ4n) is 2.44. The number of rotatable bonds is 5. The van der Waals surface area contributed by atoms with Gasteiger partial charge >= 0.3 is 0 Å². The van der Waals surface area contributed by atoms with Crippen LogP contribution < -0.4 is 10.2 Å². The van der Waals surface area contributed by atoms with Gasteiger partial charge in [-0.25, -0.2) is 0 Å². The van der Waals surface area contributed by atoms with Crippen molar-refractivity contribution in [3.63, 3.8) is 0 Å². The molecule has 0 amide bonds. The molecule has 6 nitrogen and oxygen atoms in total. The van der Waals surface area contributed by atoms with Crippen molar-refractivity contribution in [2.24, 2.45) is 0 Å². The van der Waals surface area contributed by atoms with E-state index in [-0.39, 0.29) is 0 Å². The molecule has 0 bridgehead atoms. The Kier molecular flexibility index (Phi) is 4.80. The smallest absolute Gasteiger partial charge is 0.245 e. The van der Waals surface area contributed by atoms with E-state index < -0.39 is 0 Å². The third-order valence-corrected chi connectivity index (χ3v) is 3.88. The Hall–Kier alpha value is -1.79. The summed E-state index contributed by atoms with van der Waals surface area (Å²) in [6, 6.07) is 5.84. The molecule has 2 heterocycles. The number of morpholine rings is 1. The van der Waals surface area contributed by atoms with Gasteiger partial charge in [0.25, 0.3) is 0 Å². The number of anilines is 2. The van der Waals surface area contributed by atoms with Crippen LogP contribution in [0.25, 0.3) is 0 Å². The quantitative estimate of drug-likeness (QED) is 0.913. The highest BCUT2D eigenvalue weighted by atomic mass is 35.5. The lowest BCUT2D eigenvalue weighted by atomic mass is 10.2. The topological polar surface area (TPSA) is 63.4 Å². The maximum absolute atomic E-state index is 6.40. The third-order valence-electron chi connectivity index (χ3n) is 3.57. The van der Waals surface area contributed by atoms with Crippen LogP contribution in [-0.4, -0.2) is 36.4 Å². The van der Waals surface area contributed by atoms with Gasteiger partial charge in [-0.1, -0.05) is 29.7 Å². The Bertz CT molecular complexity index is 626. The van der Waals surface area contributed by atoms with E-state index in [0.29, 0.717) is 25.6 Å². The number of benzene rings is 1. The molecular weight excluding hydrogens is 304 g/mol. The summed E-state index contributed by atoms with van der Waals surface area (Å²) >= 11 is 6.40. The Balaban J connectivity index is 1.76. The molecule has 1 fully saturated rings. The minimum atomic E-state index is 0.477. The summed E-state index contributed by atoms with van der Waals surface area (Å²) in [4.78, 5) is 6.54. The molecule has 1 N–H and O–H groups in total. The lowest BCUT2D eigenvalue weighted by Crippen LogP contribution is -2.36. The summed E-state index contributed by atoms with van der Waals surface area (Å²) in [5, 5.41) is 7.97. The summed E-state index contributed by atoms with van der Waals surface area (Å²) in [6.07, 6.45) is 0.764. The van der Waals surface area contributed by atoms with Crippen molar-refractivity contribution in [1.29, 1.82) is 0 Å². The van der Waals surface area contributed by atoms with Crippen molar-refractivity contribution in [2.45, 2.75) is 19.9 Å². The summed E-state index contributed by atoms with van der Waals surface area (Å²) < 4.78 is 10.6. The molecule has 1 saturated heterocycles. The highest BCUT2D eigenvalue weighted by Gasteiger charge is 2.18. The van der Waals surface area contributed by atoms with Crippen molar-refractivity contribution in [3.8, 4) is 0 Å². The predicted molar refractivity (Wildman–Crippen MR) is 85.5 cm³/mol. The molecule has 0 spiro atoms. The minimum absolute atomic E-state index is 0.477. The Labute approximate surface area is 134 Å². The summed E-state index contributed by atoms with van der Waals surface area (Å²) in [6.45, 7) is 5.57. The lowest BCUT2D eigenvalue weighted by Gasteiger charge is -2.31. The van der Waals surface area contributed by atoms with Gasteiger partial charge in [0.15, 0.2) is 5.82 Å². The number of aromatic nitrogens is 2. The van der Waals surface area contributed by atoms with Gasteiger partial charge in [0, 0.05) is 19.5 Å². The first-order chi connectivity index (χ1) is 10.8. The SMILES string of the molecule is CCc1noc(CNc2cccc(Cl)c2N2CCOCC2)n1. The third kappa shape index (κ3) is 3.34. The lowest BCUT2D eigenvalue weighted by molar-refractivity contribution is 0.123. The molecule has 22 heavy (non-hydrogen) atoms. The Morgan fingerprint density at radius 1 is 1.32 bits per heavy atom. The molecule has 0 aliphatic carbocycles. The van der Waals surface area contributed by atoms with Crippen LogP contribution in [-0.2, 0) is 17.7 Å². The summed E-state index contributed by atoms with van der Waals surface area (Å²) in [5.74, 6) is 1.29. The van der Waals surface area contributed by atoms with Crippen LogP contribution in [0.15, 0.2) is 22.7 Å². The molecular formula is C15H19ClN4O2. The van der Waals surface area contributed by atoms with Gasteiger partial charge in [0.1, 0.15) is 0 Å². The van der Waals surface area contributed by atoms with E-state index >= 15 is 0 Å². The largest absolute Gasteiger partial charge is 0.378 e. The van der Waals surface area contributed by atoms with Crippen molar-refractivity contribution in [1.82, 2.24) is 10.1 Å². The average Bonchev–Trinajstić information content (AvgIpc) is 3.02. The number of para-hydroxylation sites is 1. The molecule has 1 aromatic heterocycles. The van der Waals surface area contributed by atoms with E-state index in [0.717, 1.165) is 41.7 Å². The monoisotopic (exact) mass is 322 g/mol. The molecule has 3 rings (SSSR count). The molecule has 1 aliphatic rings. The number of aryl methyl sites for hydroxylation is 1. The number of ether oxygens (including phenoxy) is 1. The van der Waals surface area contributed by atoms with Crippen LogP contribution in [0.4, 0.5) is 11.4 Å². The van der Waals surface area contributed by atoms with E-state index in [1.165, 1.54) is 0 Å². The van der Waals surface area contributed by atoms with Crippen molar-refractivity contribution in [2.75, 3.05) is 36.5 Å². The zero-order valence-corrected chi connectivity index (χ0v) is 13.3. The molecule has 0 unspecified atom stereocenters. The second kappa shape index (κ2) is 6.98. The number of halogens is 1. The minimum Gasteiger partial charge on any atom is -0.378 e. The van der Waals surface area contributed by atoms with Gasteiger partial charge < -0.3 is 19.5 Å². The molecule has 118 valence electrons. The van der Waals surface area contributed by atoms with Gasteiger partial charge in [-0.05, 0) is 12.1 Å². The average molecular weight is 323 g/mol. The van der Waals surface area contributed by atoms with E-state index in [2.05, 4.69) is 20.4 Å². The number of nitrogens with zero attached hydrogens (tertiary/aromatic N) is 3. The maximum atomic E-state index is 6.40. The summed E-state index contributed by atoms with van der Waals surface area (Å²) in [5.41, 5.74) is 1.97. The van der Waals surface area contributed by atoms with Gasteiger partial charge in [-0.3, -0.25) is 0 Å². The first-order valence-corrected chi connectivity index (χ1v) is 7.82. The Morgan fingerprint density at radius 3 is 2.86 bits per heavy atom. The van der Waals surface area contributed by atoms with Gasteiger partial charge in [0.2, 0.25) is 5.89 Å². The molecule has 7 heteroatoms. The maximum Gasteiger partial charge on any atom is 0.245 e. The van der Waals surface area contributed by atoms with Crippen molar-refractivity contribution >= 4 is 23.0 Å². The van der Waals surface area contributed by atoms with Gasteiger partial charge in [-0.15, -0.1) is 0 Å². The van der Waals surface area contributed by atoms with E-state index in [9.17, 15) is 0 Å². The second-order valence-electron chi connectivity index (χ2n) is 5.05. The number of hydrogen-bond donors (Lipinski definition) is 1. The van der Waals surface area contributed by atoms with Crippen molar-refractivity contribution < 1.29 is 9.26 Å². The molecule has 1 aliphatic heterocycles.